The van der Waals surface area contributed by atoms with Crippen LogP contribution in [0, 0.1) is 5.82 Å². The molecule has 1 fully saturated rings. The van der Waals surface area contributed by atoms with Gasteiger partial charge in [0.25, 0.3) is 5.91 Å². The highest BCUT2D eigenvalue weighted by molar-refractivity contribution is 5.99. The Hall–Kier alpha value is -2.50. The van der Waals surface area contributed by atoms with Crippen molar-refractivity contribution in [3.63, 3.8) is 0 Å². The van der Waals surface area contributed by atoms with E-state index >= 15 is 0 Å². The molecule has 1 saturated heterocycles. The lowest BCUT2D eigenvalue weighted by molar-refractivity contribution is 0.0953. The van der Waals surface area contributed by atoms with Gasteiger partial charge in [-0.15, -0.1) is 0 Å². The van der Waals surface area contributed by atoms with E-state index in [1.165, 1.54) is 18.6 Å². The number of hydrogen-bond donors (Lipinski definition) is 1. The van der Waals surface area contributed by atoms with Crippen molar-refractivity contribution in [3.8, 4) is 11.4 Å². The maximum Gasteiger partial charge on any atom is 0.256 e. The number of hydrogen-bond acceptors (Lipinski definition) is 4. The van der Waals surface area contributed by atoms with Gasteiger partial charge in [-0.1, -0.05) is 6.92 Å². The van der Waals surface area contributed by atoms with E-state index in [0.717, 1.165) is 31.4 Å². The van der Waals surface area contributed by atoms with Gasteiger partial charge in [0.05, 0.1) is 0 Å². The van der Waals surface area contributed by atoms with Gasteiger partial charge in [0.2, 0.25) is 0 Å². The van der Waals surface area contributed by atoms with E-state index in [1.807, 2.05) is 6.92 Å². The molecular weight excluding hydrogens is 331 g/mol. The molecule has 0 spiro atoms. The van der Waals surface area contributed by atoms with Crippen LogP contribution in [0.3, 0.4) is 0 Å². The molecule has 3 rings (SSSR count). The average molecular weight is 356 g/mol. The van der Waals surface area contributed by atoms with Gasteiger partial charge in [-0.25, -0.2) is 14.4 Å². The Labute approximate surface area is 153 Å². The van der Waals surface area contributed by atoms with E-state index in [4.69, 9.17) is 4.98 Å². The largest absolute Gasteiger partial charge is 0.353 e. The highest BCUT2D eigenvalue weighted by Crippen LogP contribution is 2.28. The molecule has 1 atom stereocenters. The number of aromatic nitrogens is 2. The van der Waals surface area contributed by atoms with Gasteiger partial charge in [0.1, 0.15) is 17.2 Å². The number of nitrogens with one attached hydrogen (secondary N) is 1. The second-order valence-corrected chi connectivity index (χ2v) is 6.73. The van der Waals surface area contributed by atoms with Crippen LogP contribution in [0.2, 0.25) is 0 Å². The summed E-state index contributed by atoms with van der Waals surface area (Å²) in [5, 5.41) is 2.91. The molecule has 1 aromatic carbocycles. The minimum atomic E-state index is -0.297. The Balaban J connectivity index is 2.01. The lowest BCUT2D eigenvalue weighted by atomic mass is 10.0. The predicted octanol–water partition coefficient (Wildman–Crippen LogP) is 3.80. The average Bonchev–Trinajstić information content (AvgIpc) is 2.66. The fourth-order valence-electron chi connectivity index (χ4n) is 3.24. The summed E-state index contributed by atoms with van der Waals surface area (Å²) in [7, 11) is 0. The van der Waals surface area contributed by atoms with Gasteiger partial charge in [-0.05, 0) is 56.9 Å². The van der Waals surface area contributed by atoms with E-state index in [9.17, 15) is 9.18 Å². The molecule has 0 radical (unpaired) electrons. The number of amides is 1. The summed E-state index contributed by atoms with van der Waals surface area (Å²) in [5.41, 5.74) is 1.23. The van der Waals surface area contributed by atoms with E-state index in [2.05, 4.69) is 22.1 Å². The molecule has 0 saturated carbocycles. The predicted molar refractivity (Wildman–Crippen MR) is 101 cm³/mol. The summed E-state index contributed by atoms with van der Waals surface area (Å²) >= 11 is 0. The van der Waals surface area contributed by atoms with Gasteiger partial charge in [-0.3, -0.25) is 4.79 Å². The molecule has 26 heavy (non-hydrogen) atoms. The van der Waals surface area contributed by atoms with Crippen LogP contribution >= 0.6 is 0 Å². The summed E-state index contributed by atoms with van der Waals surface area (Å²) < 4.78 is 13.2. The number of carbonyl (C=O) groups excluding carboxylic acids is 1. The third-order valence-corrected chi connectivity index (χ3v) is 4.73. The van der Waals surface area contributed by atoms with Crippen molar-refractivity contribution in [1.82, 2.24) is 15.3 Å². The van der Waals surface area contributed by atoms with Crippen LogP contribution in [0.4, 0.5) is 10.2 Å². The quantitative estimate of drug-likeness (QED) is 0.885. The second-order valence-electron chi connectivity index (χ2n) is 6.73. The molecule has 0 bridgehead atoms. The van der Waals surface area contributed by atoms with Gasteiger partial charge in [-0.2, -0.15) is 0 Å². The molecule has 1 aliphatic rings. The number of halogens is 1. The summed E-state index contributed by atoms with van der Waals surface area (Å²) in [6.45, 7) is 5.66. The molecule has 1 aromatic heterocycles. The van der Waals surface area contributed by atoms with Crippen LogP contribution < -0.4 is 10.2 Å². The van der Waals surface area contributed by atoms with Crippen molar-refractivity contribution in [2.24, 2.45) is 0 Å². The number of nitrogens with zero attached hydrogens (tertiary/aromatic N) is 3. The van der Waals surface area contributed by atoms with Crippen molar-refractivity contribution in [1.29, 1.82) is 0 Å². The van der Waals surface area contributed by atoms with E-state index in [0.29, 0.717) is 29.8 Å². The van der Waals surface area contributed by atoms with Gasteiger partial charge < -0.3 is 10.2 Å². The molecule has 0 aliphatic carbocycles. The second kappa shape index (κ2) is 8.25. The van der Waals surface area contributed by atoms with Crippen molar-refractivity contribution in [2.45, 2.75) is 45.6 Å². The molecule has 138 valence electrons. The van der Waals surface area contributed by atoms with Gasteiger partial charge in [0, 0.05) is 30.9 Å². The van der Waals surface area contributed by atoms with E-state index < -0.39 is 0 Å². The van der Waals surface area contributed by atoms with Crippen LogP contribution in [0.15, 0.2) is 30.5 Å². The minimum absolute atomic E-state index is 0.148. The number of carbonyl (C=O) groups is 1. The maximum absolute atomic E-state index is 13.2. The molecule has 2 heterocycles. The van der Waals surface area contributed by atoms with Crippen LogP contribution in [-0.2, 0) is 0 Å². The maximum atomic E-state index is 13.2. The van der Waals surface area contributed by atoms with Crippen molar-refractivity contribution < 1.29 is 9.18 Å². The molecule has 1 unspecified atom stereocenters. The Morgan fingerprint density at radius 2 is 2.08 bits per heavy atom. The van der Waals surface area contributed by atoms with Crippen LogP contribution in [0.1, 0.15) is 49.9 Å². The summed E-state index contributed by atoms with van der Waals surface area (Å²) in [6, 6.07) is 6.42. The van der Waals surface area contributed by atoms with Crippen LogP contribution in [0.5, 0.6) is 0 Å². The topological polar surface area (TPSA) is 58.1 Å². The Kier molecular flexibility index (Phi) is 5.81. The zero-order chi connectivity index (χ0) is 18.5. The molecule has 2 aromatic rings. The SMILES string of the molecule is CCCNC(=O)c1cnc(-c2ccc(F)cc2)nc1N1CCCCC1C. The monoisotopic (exact) mass is 356 g/mol. The molecule has 1 aliphatic heterocycles. The highest BCUT2D eigenvalue weighted by atomic mass is 19.1. The minimum Gasteiger partial charge on any atom is -0.353 e. The lowest BCUT2D eigenvalue weighted by Gasteiger charge is -2.35. The van der Waals surface area contributed by atoms with E-state index in [1.54, 1.807) is 18.3 Å². The molecule has 6 heteroatoms. The summed E-state index contributed by atoms with van der Waals surface area (Å²) in [5.74, 6) is 0.726. The molecular formula is C20H25FN4O. The fraction of sp³-hybridized carbons (Fsp3) is 0.450. The molecule has 1 N–H and O–H groups in total. The highest BCUT2D eigenvalue weighted by Gasteiger charge is 2.25. The Morgan fingerprint density at radius 1 is 1.31 bits per heavy atom. The summed E-state index contributed by atoms with van der Waals surface area (Å²) in [6.07, 6.45) is 5.80. The first-order valence-electron chi connectivity index (χ1n) is 9.28. The zero-order valence-electron chi connectivity index (χ0n) is 15.3. The smallest absolute Gasteiger partial charge is 0.256 e. The van der Waals surface area contributed by atoms with Crippen LogP contribution in [-0.4, -0.2) is 35.0 Å². The number of piperidine rings is 1. The third kappa shape index (κ3) is 4.00. The van der Waals surface area contributed by atoms with E-state index in [-0.39, 0.29) is 11.7 Å². The zero-order valence-corrected chi connectivity index (χ0v) is 15.3. The van der Waals surface area contributed by atoms with Crippen molar-refractivity contribution >= 4 is 11.7 Å². The summed E-state index contributed by atoms with van der Waals surface area (Å²) in [4.78, 5) is 23.9. The lowest BCUT2D eigenvalue weighted by Crippen LogP contribution is -2.40. The van der Waals surface area contributed by atoms with Crippen LogP contribution in [0.25, 0.3) is 11.4 Å². The van der Waals surface area contributed by atoms with Gasteiger partial charge >= 0.3 is 0 Å². The number of rotatable bonds is 5. The molecule has 1 amide bonds. The normalized spacial score (nSPS) is 17.2. The fourth-order valence-corrected chi connectivity index (χ4v) is 3.24. The number of anilines is 1. The molecule has 5 nitrogen and oxygen atoms in total. The first-order chi connectivity index (χ1) is 12.6. The first-order valence-corrected chi connectivity index (χ1v) is 9.28. The van der Waals surface area contributed by atoms with Crippen molar-refractivity contribution in [3.05, 3.63) is 41.8 Å². The number of benzene rings is 1. The standard InChI is InChI=1S/C20H25FN4O/c1-3-11-22-20(26)17-13-23-18(15-7-9-16(21)10-8-15)24-19(17)25-12-5-4-6-14(25)2/h7-10,13-14H,3-6,11-12H2,1-2H3,(H,22,26). The van der Waals surface area contributed by atoms with Crippen molar-refractivity contribution in [2.75, 3.05) is 18.0 Å². The van der Waals surface area contributed by atoms with Gasteiger partial charge in [0.15, 0.2) is 5.82 Å². The first kappa shape index (κ1) is 18.3. The Morgan fingerprint density at radius 3 is 2.77 bits per heavy atom. The third-order valence-electron chi connectivity index (χ3n) is 4.73. The Bertz CT molecular complexity index is 763.